The molecule has 1 saturated heterocycles. The fourth-order valence-corrected chi connectivity index (χ4v) is 2.83. The van der Waals surface area contributed by atoms with Crippen LogP contribution >= 0.6 is 15.9 Å². The average molecular weight is 358 g/mol. The van der Waals surface area contributed by atoms with Crippen LogP contribution in [0.4, 0.5) is 4.39 Å². The molecular formula is C15H17BrFNO3. The Balaban J connectivity index is 1.84. The monoisotopic (exact) mass is 357 g/mol. The van der Waals surface area contributed by atoms with E-state index in [9.17, 15) is 14.0 Å². The number of benzene rings is 1. The van der Waals surface area contributed by atoms with Crippen molar-refractivity contribution in [2.24, 2.45) is 5.92 Å². The SMILES string of the molecule is O=C(O)C1CCN(C(=O)CCc2ccc(Br)cc2F)CC1. The average Bonchev–Trinajstić information content (AvgIpc) is 2.46. The molecule has 0 radical (unpaired) electrons. The molecule has 0 aromatic heterocycles. The van der Waals surface area contributed by atoms with E-state index in [1.54, 1.807) is 17.0 Å². The van der Waals surface area contributed by atoms with Crippen LogP contribution < -0.4 is 0 Å². The number of hydrogen-bond acceptors (Lipinski definition) is 2. The number of halogens is 2. The normalized spacial score (nSPS) is 16.0. The van der Waals surface area contributed by atoms with E-state index < -0.39 is 5.97 Å². The number of carbonyl (C=O) groups excluding carboxylic acids is 1. The standard InChI is InChI=1S/C15H17BrFNO3/c16-12-3-1-10(13(17)9-12)2-4-14(19)18-7-5-11(6-8-18)15(20)21/h1,3,9,11H,2,4-8H2,(H,20,21). The van der Waals surface area contributed by atoms with Crippen molar-refractivity contribution in [3.05, 3.63) is 34.1 Å². The molecule has 0 saturated carbocycles. The molecule has 1 amide bonds. The largest absolute Gasteiger partial charge is 0.481 e. The van der Waals surface area contributed by atoms with Crippen molar-refractivity contribution in [3.63, 3.8) is 0 Å². The van der Waals surface area contributed by atoms with Crippen molar-refractivity contribution in [1.82, 2.24) is 4.90 Å². The summed E-state index contributed by atoms with van der Waals surface area (Å²) in [7, 11) is 0. The molecule has 1 aliphatic rings. The third-order valence-corrected chi connectivity index (χ3v) is 4.31. The van der Waals surface area contributed by atoms with Crippen LogP contribution in [-0.2, 0) is 16.0 Å². The van der Waals surface area contributed by atoms with Gasteiger partial charge in [0.05, 0.1) is 5.92 Å². The van der Waals surface area contributed by atoms with Gasteiger partial charge in [-0.2, -0.15) is 0 Å². The molecule has 1 aliphatic heterocycles. The van der Waals surface area contributed by atoms with Crippen molar-refractivity contribution >= 4 is 27.8 Å². The number of aryl methyl sites for hydroxylation is 1. The van der Waals surface area contributed by atoms with Crippen LogP contribution in [0.5, 0.6) is 0 Å². The van der Waals surface area contributed by atoms with Gasteiger partial charge in [0.15, 0.2) is 0 Å². The number of hydrogen-bond donors (Lipinski definition) is 1. The first-order valence-corrected chi connectivity index (χ1v) is 7.71. The van der Waals surface area contributed by atoms with Gasteiger partial charge in [-0.15, -0.1) is 0 Å². The summed E-state index contributed by atoms with van der Waals surface area (Å²) in [6, 6.07) is 4.81. The van der Waals surface area contributed by atoms with E-state index in [2.05, 4.69) is 15.9 Å². The molecule has 1 N–H and O–H groups in total. The molecule has 1 aromatic carbocycles. The minimum Gasteiger partial charge on any atom is -0.481 e. The molecule has 0 spiro atoms. The first-order valence-electron chi connectivity index (χ1n) is 6.92. The van der Waals surface area contributed by atoms with E-state index in [1.165, 1.54) is 6.07 Å². The first-order chi connectivity index (χ1) is 9.97. The zero-order valence-corrected chi connectivity index (χ0v) is 13.1. The highest BCUT2D eigenvalue weighted by atomic mass is 79.9. The predicted octanol–water partition coefficient (Wildman–Crippen LogP) is 2.84. The van der Waals surface area contributed by atoms with Crippen molar-refractivity contribution in [1.29, 1.82) is 0 Å². The van der Waals surface area contributed by atoms with Gasteiger partial charge in [0.25, 0.3) is 0 Å². The lowest BCUT2D eigenvalue weighted by atomic mass is 9.96. The minimum atomic E-state index is -0.793. The third-order valence-electron chi connectivity index (χ3n) is 3.82. The van der Waals surface area contributed by atoms with E-state index >= 15 is 0 Å². The van der Waals surface area contributed by atoms with Crippen LogP contribution in [0.15, 0.2) is 22.7 Å². The summed E-state index contributed by atoms with van der Waals surface area (Å²) in [6.45, 7) is 0.942. The van der Waals surface area contributed by atoms with Crippen LogP contribution in [0.2, 0.25) is 0 Å². The molecule has 1 fully saturated rings. The van der Waals surface area contributed by atoms with Crippen LogP contribution in [0.1, 0.15) is 24.8 Å². The van der Waals surface area contributed by atoms with Crippen molar-refractivity contribution < 1.29 is 19.1 Å². The molecule has 4 nitrogen and oxygen atoms in total. The van der Waals surface area contributed by atoms with Gasteiger partial charge in [-0.05, 0) is 37.0 Å². The number of likely N-dealkylation sites (tertiary alicyclic amines) is 1. The lowest BCUT2D eigenvalue weighted by Crippen LogP contribution is -2.40. The summed E-state index contributed by atoms with van der Waals surface area (Å²) >= 11 is 3.19. The molecule has 1 aromatic rings. The van der Waals surface area contributed by atoms with Gasteiger partial charge >= 0.3 is 5.97 Å². The summed E-state index contributed by atoms with van der Waals surface area (Å²) in [5.74, 6) is -1.50. The van der Waals surface area contributed by atoms with Gasteiger partial charge in [-0.3, -0.25) is 9.59 Å². The number of carboxylic acids is 1. The van der Waals surface area contributed by atoms with Gasteiger partial charge in [0.2, 0.25) is 5.91 Å². The molecule has 1 heterocycles. The number of carbonyl (C=O) groups is 2. The van der Waals surface area contributed by atoms with Crippen LogP contribution in [-0.4, -0.2) is 35.0 Å². The van der Waals surface area contributed by atoms with Gasteiger partial charge in [0.1, 0.15) is 5.82 Å². The Labute approximate surface area is 131 Å². The molecule has 0 bridgehead atoms. The molecule has 6 heteroatoms. The smallest absolute Gasteiger partial charge is 0.306 e. The maximum atomic E-state index is 13.7. The highest BCUT2D eigenvalue weighted by Crippen LogP contribution is 2.20. The molecule has 2 rings (SSSR count). The number of nitrogens with zero attached hydrogens (tertiary/aromatic N) is 1. The fraction of sp³-hybridized carbons (Fsp3) is 0.467. The minimum absolute atomic E-state index is 0.0406. The Morgan fingerprint density at radius 3 is 2.57 bits per heavy atom. The van der Waals surface area contributed by atoms with Crippen molar-refractivity contribution in [2.75, 3.05) is 13.1 Å². The zero-order chi connectivity index (χ0) is 15.4. The van der Waals surface area contributed by atoms with E-state index in [0.29, 0.717) is 42.4 Å². The maximum Gasteiger partial charge on any atom is 0.306 e. The summed E-state index contributed by atoms with van der Waals surface area (Å²) in [4.78, 5) is 24.6. The second-order valence-electron chi connectivity index (χ2n) is 5.23. The number of rotatable bonds is 4. The van der Waals surface area contributed by atoms with Gasteiger partial charge in [-0.25, -0.2) is 4.39 Å². The van der Waals surface area contributed by atoms with Crippen LogP contribution in [0.25, 0.3) is 0 Å². The summed E-state index contributed by atoms with van der Waals surface area (Å²) in [5.41, 5.74) is 0.520. The quantitative estimate of drug-likeness (QED) is 0.901. The summed E-state index contributed by atoms with van der Waals surface area (Å²) < 4.78 is 14.3. The third kappa shape index (κ3) is 4.27. The van der Waals surface area contributed by atoms with Gasteiger partial charge in [0, 0.05) is 24.0 Å². The molecule has 0 aliphatic carbocycles. The summed E-state index contributed by atoms with van der Waals surface area (Å²) in [5, 5.41) is 8.92. The van der Waals surface area contributed by atoms with E-state index in [0.717, 1.165) is 0 Å². The molecule has 21 heavy (non-hydrogen) atoms. The van der Waals surface area contributed by atoms with Gasteiger partial charge in [-0.1, -0.05) is 22.0 Å². The number of aliphatic carboxylic acids is 1. The molecular weight excluding hydrogens is 341 g/mol. The second-order valence-corrected chi connectivity index (χ2v) is 6.14. The highest BCUT2D eigenvalue weighted by molar-refractivity contribution is 9.10. The van der Waals surface area contributed by atoms with E-state index in [1.807, 2.05) is 0 Å². The number of amides is 1. The Morgan fingerprint density at radius 1 is 1.33 bits per heavy atom. The predicted molar refractivity (Wildman–Crippen MR) is 79.4 cm³/mol. The Morgan fingerprint density at radius 2 is 2.00 bits per heavy atom. The first kappa shape index (κ1) is 15.9. The molecule has 0 unspecified atom stereocenters. The lowest BCUT2D eigenvalue weighted by Gasteiger charge is -2.30. The fourth-order valence-electron chi connectivity index (χ4n) is 2.50. The van der Waals surface area contributed by atoms with Gasteiger partial charge < -0.3 is 10.0 Å². The second kappa shape index (κ2) is 7.02. The topological polar surface area (TPSA) is 57.6 Å². The lowest BCUT2D eigenvalue weighted by molar-refractivity contribution is -0.145. The highest BCUT2D eigenvalue weighted by Gasteiger charge is 2.26. The van der Waals surface area contributed by atoms with E-state index in [4.69, 9.17) is 5.11 Å². The van der Waals surface area contributed by atoms with Crippen molar-refractivity contribution in [3.8, 4) is 0 Å². The molecule has 114 valence electrons. The van der Waals surface area contributed by atoms with Crippen LogP contribution in [0, 0.1) is 11.7 Å². The number of carboxylic acid groups (broad SMARTS) is 1. The Bertz CT molecular complexity index is 542. The Hall–Kier alpha value is -1.43. The van der Waals surface area contributed by atoms with Crippen LogP contribution in [0.3, 0.4) is 0 Å². The van der Waals surface area contributed by atoms with Crippen molar-refractivity contribution in [2.45, 2.75) is 25.7 Å². The summed E-state index contributed by atoms with van der Waals surface area (Å²) in [6.07, 6.45) is 1.59. The zero-order valence-electron chi connectivity index (χ0n) is 11.5. The Kier molecular flexibility index (Phi) is 5.33. The van der Waals surface area contributed by atoms with E-state index in [-0.39, 0.29) is 24.1 Å². The molecule has 0 atom stereocenters. The maximum absolute atomic E-state index is 13.7. The number of piperidine rings is 1.